The molecule has 0 unspecified atom stereocenters. The van der Waals surface area contributed by atoms with E-state index in [-0.39, 0.29) is 11.0 Å². The van der Waals surface area contributed by atoms with Crippen molar-refractivity contribution in [1.29, 1.82) is 10.5 Å². The van der Waals surface area contributed by atoms with Gasteiger partial charge in [0.2, 0.25) is 0 Å². The summed E-state index contributed by atoms with van der Waals surface area (Å²) in [6.07, 6.45) is 8.99. The Bertz CT molecular complexity index is 1890. The highest BCUT2D eigenvalue weighted by molar-refractivity contribution is 6.31. The third-order valence-electron chi connectivity index (χ3n) is 7.72. The van der Waals surface area contributed by atoms with E-state index in [0.717, 1.165) is 24.0 Å². The molecule has 0 radical (unpaired) electrons. The monoisotopic (exact) mass is 587 g/mol. The Morgan fingerprint density at radius 2 is 1.79 bits per heavy atom. The van der Waals surface area contributed by atoms with Gasteiger partial charge in [0.1, 0.15) is 17.8 Å². The van der Waals surface area contributed by atoms with Crippen LogP contribution >= 0.6 is 11.6 Å². The molecule has 9 nitrogen and oxygen atoms in total. The summed E-state index contributed by atoms with van der Waals surface area (Å²) in [4.78, 5) is 8.65. The van der Waals surface area contributed by atoms with Gasteiger partial charge in [0.15, 0.2) is 0 Å². The fraction of sp³-hybridized carbons (Fsp3) is 0.273. The Kier molecular flexibility index (Phi) is 7.21. The van der Waals surface area contributed by atoms with Crippen molar-refractivity contribution >= 4 is 33.9 Å². The van der Waals surface area contributed by atoms with Crippen LogP contribution in [0.25, 0.3) is 10.9 Å². The van der Waals surface area contributed by atoms with Gasteiger partial charge in [0.05, 0.1) is 40.1 Å². The first-order valence-electron chi connectivity index (χ1n) is 14.1. The fourth-order valence-electron chi connectivity index (χ4n) is 5.34. The summed E-state index contributed by atoms with van der Waals surface area (Å²) in [5, 5.41) is 37.4. The van der Waals surface area contributed by atoms with Gasteiger partial charge in [-0.2, -0.15) is 10.5 Å². The third kappa shape index (κ3) is 5.48. The molecule has 0 saturated heterocycles. The zero-order valence-corrected chi connectivity index (χ0v) is 24.9. The second-order valence-electron chi connectivity index (χ2n) is 12.1. The molecule has 1 atom stereocenters. The Labute approximate surface area is 255 Å². The summed E-state index contributed by atoms with van der Waals surface area (Å²) < 4.78 is 1.93. The second kappa shape index (κ2) is 11.0. The van der Waals surface area contributed by atoms with Crippen LogP contribution in [0.1, 0.15) is 67.6 Å². The standard InChI is InChI=1S/C33H30ClN9/c1-32(2,3)20-39-30-22(17-36)18-38-29-21(16-35)14-24(15-26(29)30)40-31(25-6-4-5-7-27(25)34)28-19-43(42-41-28)33(10-11-33)23-8-12-37-13-9-23/h4-9,12-15,18-19,31,40H,10-11,20H2,1-3H3,(H,38,39)/t31-/m0/s1. The van der Waals surface area contributed by atoms with Crippen molar-refractivity contribution in [3.63, 3.8) is 0 Å². The summed E-state index contributed by atoms with van der Waals surface area (Å²) in [5.74, 6) is 0. The van der Waals surface area contributed by atoms with Crippen LogP contribution in [0.3, 0.4) is 0 Å². The van der Waals surface area contributed by atoms with E-state index in [1.54, 1.807) is 18.5 Å². The van der Waals surface area contributed by atoms with Crippen molar-refractivity contribution < 1.29 is 0 Å². The van der Waals surface area contributed by atoms with Gasteiger partial charge in [-0.15, -0.1) is 5.10 Å². The molecule has 0 aliphatic heterocycles. The molecule has 1 aliphatic rings. The molecule has 2 N–H and O–H groups in total. The molecule has 214 valence electrons. The molecule has 0 bridgehead atoms. The largest absolute Gasteiger partial charge is 0.383 e. The lowest BCUT2D eigenvalue weighted by Gasteiger charge is -2.23. The fourth-order valence-corrected chi connectivity index (χ4v) is 5.58. The lowest BCUT2D eigenvalue weighted by atomic mass is 9.96. The molecular formula is C33H30ClN9. The second-order valence-corrected chi connectivity index (χ2v) is 12.5. The minimum absolute atomic E-state index is 0.0353. The summed E-state index contributed by atoms with van der Waals surface area (Å²) in [5.41, 5.74) is 5.00. The number of anilines is 2. The highest BCUT2D eigenvalue weighted by Gasteiger charge is 2.47. The molecular weight excluding hydrogens is 558 g/mol. The molecule has 3 aromatic heterocycles. The van der Waals surface area contributed by atoms with E-state index in [2.05, 4.69) is 63.8 Å². The SMILES string of the molecule is CC(C)(C)CNc1c(C#N)cnc2c(C#N)cc(N[C@H](c3cn(C4(c5ccncc5)CC4)nn3)c3ccccc3Cl)cc12. The van der Waals surface area contributed by atoms with E-state index in [9.17, 15) is 10.5 Å². The molecule has 3 heterocycles. The summed E-state index contributed by atoms with van der Waals surface area (Å²) >= 11 is 6.73. The number of fused-ring (bicyclic) bond motifs is 1. The summed E-state index contributed by atoms with van der Waals surface area (Å²) in [6.45, 7) is 6.98. The van der Waals surface area contributed by atoms with Crippen LogP contribution in [-0.4, -0.2) is 31.5 Å². The van der Waals surface area contributed by atoms with Gasteiger partial charge in [-0.3, -0.25) is 9.97 Å². The quantitative estimate of drug-likeness (QED) is 0.202. The zero-order chi connectivity index (χ0) is 30.2. The van der Waals surface area contributed by atoms with E-state index < -0.39 is 6.04 Å². The Balaban J connectivity index is 1.45. The normalized spacial score (nSPS) is 14.5. The number of benzene rings is 2. The van der Waals surface area contributed by atoms with Gasteiger partial charge in [-0.1, -0.05) is 55.8 Å². The van der Waals surface area contributed by atoms with E-state index in [1.807, 2.05) is 53.3 Å². The predicted octanol–water partition coefficient (Wildman–Crippen LogP) is 6.81. The third-order valence-corrected chi connectivity index (χ3v) is 8.07. The lowest BCUT2D eigenvalue weighted by Crippen LogP contribution is -2.20. The summed E-state index contributed by atoms with van der Waals surface area (Å²) in [7, 11) is 0. The highest BCUT2D eigenvalue weighted by atomic mass is 35.5. The van der Waals surface area contributed by atoms with Crippen LogP contribution in [-0.2, 0) is 5.54 Å². The molecule has 43 heavy (non-hydrogen) atoms. The predicted molar refractivity (Wildman–Crippen MR) is 167 cm³/mol. The van der Waals surface area contributed by atoms with Crippen molar-refractivity contribution in [2.45, 2.75) is 45.2 Å². The number of pyridine rings is 2. The van der Waals surface area contributed by atoms with Gasteiger partial charge in [-0.25, -0.2) is 4.68 Å². The van der Waals surface area contributed by atoms with Gasteiger partial charge in [-0.05, 0) is 59.7 Å². The van der Waals surface area contributed by atoms with Crippen LogP contribution in [0.4, 0.5) is 11.4 Å². The van der Waals surface area contributed by atoms with Gasteiger partial charge >= 0.3 is 0 Å². The Morgan fingerprint density at radius 1 is 1.05 bits per heavy atom. The van der Waals surface area contributed by atoms with Crippen molar-refractivity contribution in [2.24, 2.45) is 5.41 Å². The lowest BCUT2D eigenvalue weighted by molar-refractivity contribution is 0.443. The van der Waals surface area contributed by atoms with Crippen LogP contribution in [0.15, 0.2) is 73.3 Å². The molecule has 1 aliphatic carbocycles. The van der Waals surface area contributed by atoms with Crippen molar-refractivity contribution in [1.82, 2.24) is 25.0 Å². The van der Waals surface area contributed by atoms with Crippen LogP contribution in [0, 0.1) is 28.1 Å². The van der Waals surface area contributed by atoms with E-state index in [0.29, 0.717) is 50.7 Å². The number of hydrogen-bond donors (Lipinski definition) is 2. The highest BCUT2D eigenvalue weighted by Crippen LogP contribution is 2.49. The molecule has 2 aromatic carbocycles. The number of nitriles is 2. The van der Waals surface area contributed by atoms with Crippen molar-refractivity contribution in [3.8, 4) is 12.1 Å². The molecule has 10 heteroatoms. The van der Waals surface area contributed by atoms with Crippen LogP contribution in [0.2, 0.25) is 5.02 Å². The van der Waals surface area contributed by atoms with E-state index in [1.165, 1.54) is 6.20 Å². The molecule has 0 amide bonds. The Hall–Kier alpha value is -4.99. The average molecular weight is 588 g/mol. The molecule has 0 spiro atoms. The summed E-state index contributed by atoms with van der Waals surface area (Å²) in [6, 6.07) is 19.4. The zero-order valence-electron chi connectivity index (χ0n) is 24.1. The molecule has 5 aromatic rings. The minimum atomic E-state index is -0.474. The Morgan fingerprint density at radius 3 is 2.47 bits per heavy atom. The topological polar surface area (TPSA) is 128 Å². The molecule has 1 saturated carbocycles. The first kappa shape index (κ1) is 28.1. The number of nitrogens with zero attached hydrogens (tertiary/aromatic N) is 7. The number of rotatable bonds is 8. The van der Waals surface area contributed by atoms with Crippen molar-refractivity contribution in [2.75, 3.05) is 17.2 Å². The smallest absolute Gasteiger partial charge is 0.110 e. The van der Waals surface area contributed by atoms with Gasteiger partial charge < -0.3 is 10.6 Å². The number of halogens is 1. The van der Waals surface area contributed by atoms with Crippen LogP contribution in [0.5, 0.6) is 0 Å². The maximum absolute atomic E-state index is 10.1. The maximum Gasteiger partial charge on any atom is 0.110 e. The molecule has 1 fully saturated rings. The van der Waals surface area contributed by atoms with E-state index in [4.69, 9.17) is 11.6 Å². The van der Waals surface area contributed by atoms with Crippen LogP contribution < -0.4 is 10.6 Å². The first-order chi connectivity index (χ1) is 20.7. The van der Waals surface area contributed by atoms with Gasteiger partial charge in [0, 0.05) is 41.2 Å². The first-order valence-corrected chi connectivity index (χ1v) is 14.5. The number of hydrogen-bond acceptors (Lipinski definition) is 8. The number of aromatic nitrogens is 5. The van der Waals surface area contributed by atoms with Crippen molar-refractivity contribution in [3.05, 3.63) is 106 Å². The molecule has 6 rings (SSSR count). The average Bonchev–Trinajstić information content (AvgIpc) is 3.67. The minimum Gasteiger partial charge on any atom is -0.383 e. The van der Waals surface area contributed by atoms with E-state index >= 15 is 0 Å². The van der Waals surface area contributed by atoms with Gasteiger partial charge in [0.25, 0.3) is 0 Å². The number of nitrogens with one attached hydrogen (secondary N) is 2. The maximum atomic E-state index is 10.1.